The Balaban J connectivity index is 2.08. The highest BCUT2D eigenvalue weighted by Gasteiger charge is 2.34. The van der Waals surface area contributed by atoms with E-state index in [1.807, 2.05) is 40.7 Å². The second kappa shape index (κ2) is 13.8. The topological polar surface area (TPSA) is 86.8 Å². The molecule has 7 nitrogen and oxygen atoms in total. The number of carbonyl (C=O) groups is 2. The number of aryl methyl sites for hydroxylation is 1. The minimum Gasteiger partial charge on any atom is -0.352 e. The Hall–Kier alpha value is -3.36. The summed E-state index contributed by atoms with van der Waals surface area (Å²) in [6.45, 7) is 9.10. The van der Waals surface area contributed by atoms with Crippen LogP contribution in [0.1, 0.15) is 50.3 Å². The van der Waals surface area contributed by atoms with Crippen LogP contribution < -0.4 is 9.62 Å². The molecule has 2 amide bonds. The van der Waals surface area contributed by atoms with E-state index in [2.05, 4.69) is 5.32 Å². The van der Waals surface area contributed by atoms with Crippen molar-refractivity contribution < 1.29 is 18.0 Å². The first-order valence-electron chi connectivity index (χ1n) is 13.5. The number of halogens is 1. The first kappa shape index (κ1) is 31.2. The zero-order chi connectivity index (χ0) is 29.4. The van der Waals surface area contributed by atoms with Crippen LogP contribution in [0.15, 0.2) is 77.7 Å². The number of rotatable bonds is 12. The molecule has 0 saturated heterocycles. The van der Waals surface area contributed by atoms with Gasteiger partial charge in [-0.25, -0.2) is 8.42 Å². The van der Waals surface area contributed by atoms with Crippen molar-refractivity contribution in [3.05, 3.63) is 94.5 Å². The summed E-state index contributed by atoms with van der Waals surface area (Å²) in [6, 6.07) is 19.6. The molecule has 3 aromatic rings. The lowest BCUT2D eigenvalue weighted by Gasteiger charge is -2.34. The molecular weight excluding hydrogens is 546 g/mol. The first-order valence-corrected chi connectivity index (χ1v) is 15.3. The number of carbonyl (C=O) groups excluding carboxylic acids is 2. The van der Waals surface area contributed by atoms with E-state index in [9.17, 15) is 18.0 Å². The number of benzene rings is 3. The van der Waals surface area contributed by atoms with E-state index in [0.717, 1.165) is 27.4 Å². The first-order chi connectivity index (χ1) is 19.0. The maximum atomic E-state index is 14.1. The fourth-order valence-corrected chi connectivity index (χ4v) is 6.00. The third-order valence-electron chi connectivity index (χ3n) is 7.11. The third-order valence-corrected chi connectivity index (χ3v) is 9.13. The molecule has 214 valence electrons. The Morgan fingerprint density at radius 1 is 0.900 bits per heavy atom. The zero-order valence-corrected chi connectivity index (χ0v) is 25.3. The van der Waals surface area contributed by atoms with Gasteiger partial charge in [0.15, 0.2) is 0 Å². The number of sulfonamides is 1. The number of nitrogens with one attached hydrogen (secondary N) is 1. The van der Waals surface area contributed by atoms with Gasteiger partial charge in [0.1, 0.15) is 12.6 Å². The Morgan fingerprint density at radius 2 is 1.55 bits per heavy atom. The number of anilines is 1. The van der Waals surface area contributed by atoms with Crippen LogP contribution in [0.4, 0.5) is 5.69 Å². The highest BCUT2D eigenvalue weighted by molar-refractivity contribution is 7.92. The Morgan fingerprint density at radius 3 is 2.15 bits per heavy atom. The smallest absolute Gasteiger partial charge is 0.264 e. The molecule has 3 aromatic carbocycles. The molecule has 2 atom stereocenters. The van der Waals surface area contributed by atoms with E-state index in [1.165, 1.54) is 17.0 Å². The normalized spacial score (nSPS) is 12.8. The largest absolute Gasteiger partial charge is 0.352 e. The molecule has 0 aliphatic heterocycles. The standard InChI is InChI=1S/C31H38ClN3O4S/c1-6-23(4)33-31(37)28(7-2)34(20-25-16-18-26(32)19-17-25)30(36)21-35(29-15-11-12-22(3)24(29)5)40(38,39)27-13-9-8-10-14-27/h8-19,23,28H,6-7,20-21H2,1-5H3,(H,33,37). The fourth-order valence-electron chi connectivity index (χ4n) is 4.39. The van der Waals surface area contributed by atoms with Gasteiger partial charge in [0, 0.05) is 17.6 Å². The van der Waals surface area contributed by atoms with E-state index >= 15 is 0 Å². The summed E-state index contributed by atoms with van der Waals surface area (Å²) in [7, 11) is -4.11. The maximum absolute atomic E-state index is 14.1. The van der Waals surface area contributed by atoms with Crippen molar-refractivity contribution in [2.75, 3.05) is 10.8 Å². The maximum Gasteiger partial charge on any atom is 0.264 e. The van der Waals surface area contributed by atoms with E-state index < -0.39 is 28.5 Å². The van der Waals surface area contributed by atoms with Gasteiger partial charge >= 0.3 is 0 Å². The molecule has 1 N–H and O–H groups in total. The average molecular weight is 584 g/mol. The van der Waals surface area contributed by atoms with Crippen molar-refractivity contribution in [1.82, 2.24) is 10.2 Å². The molecule has 2 unspecified atom stereocenters. The zero-order valence-electron chi connectivity index (χ0n) is 23.7. The molecule has 0 aliphatic rings. The van der Waals surface area contributed by atoms with E-state index in [1.54, 1.807) is 54.6 Å². The molecule has 40 heavy (non-hydrogen) atoms. The van der Waals surface area contributed by atoms with Gasteiger partial charge in [-0.15, -0.1) is 0 Å². The van der Waals surface area contributed by atoms with E-state index in [-0.39, 0.29) is 23.4 Å². The quantitative estimate of drug-likeness (QED) is 0.289. The molecule has 0 aromatic heterocycles. The van der Waals surface area contributed by atoms with Gasteiger partial charge in [-0.1, -0.05) is 67.9 Å². The Labute approximate surface area is 243 Å². The van der Waals surface area contributed by atoms with Crippen LogP contribution in [-0.2, 0) is 26.2 Å². The molecule has 0 spiro atoms. The van der Waals surface area contributed by atoms with Gasteiger partial charge in [0.05, 0.1) is 10.6 Å². The minimum atomic E-state index is -4.11. The molecular formula is C31H38ClN3O4S. The number of hydrogen-bond donors (Lipinski definition) is 1. The fraction of sp³-hybridized carbons (Fsp3) is 0.355. The summed E-state index contributed by atoms with van der Waals surface area (Å²) in [5, 5.41) is 3.54. The van der Waals surface area contributed by atoms with Crippen LogP contribution in [0.25, 0.3) is 0 Å². The summed E-state index contributed by atoms with van der Waals surface area (Å²) >= 11 is 6.08. The summed E-state index contributed by atoms with van der Waals surface area (Å²) in [5.41, 5.74) is 2.84. The van der Waals surface area contributed by atoms with Gasteiger partial charge in [-0.3, -0.25) is 13.9 Å². The van der Waals surface area contributed by atoms with Crippen LogP contribution in [0.2, 0.25) is 5.02 Å². The predicted molar refractivity (Wildman–Crippen MR) is 161 cm³/mol. The van der Waals surface area contributed by atoms with E-state index in [4.69, 9.17) is 11.6 Å². The van der Waals surface area contributed by atoms with Gasteiger partial charge < -0.3 is 10.2 Å². The third kappa shape index (κ3) is 7.43. The van der Waals surface area contributed by atoms with Crippen molar-refractivity contribution in [2.24, 2.45) is 0 Å². The number of amides is 2. The van der Waals surface area contributed by atoms with Crippen molar-refractivity contribution in [2.45, 2.75) is 71.0 Å². The van der Waals surface area contributed by atoms with Crippen molar-refractivity contribution in [3.63, 3.8) is 0 Å². The monoisotopic (exact) mass is 583 g/mol. The van der Waals surface area contributed by atoms with Gasteiger partial charge in [-0.05, 0) is 80.6 Å². The molecule has 0 radical (unpaired) electrons. The highest BCUT2D eigenvalue weighted by Crippen LogP contribution is 2.29. The molecule has 0 saturated carbocycles. The lowest BCUT2D eigenvalue weighted by molar-refractivity contribution is -0.140. The SMILES string of the molecule is CCC(C)NC(=O)C(CC)N(Cc1ccc(Cl)cc1)C(=O)CN(c1cccc(C)c1C)S(=O)(=O)c1ccccc1. The molecule has 3 rings (SSSR count). The summed E-state index contributed by atoms with van der Waals surface area (Å²) < 4.78 is 29.1. The van der Waals surface area contributed by atoms with Crippen LogP contribution in [0, 0.1) is 13.8 Å². The average Bonchev–Trinajstić information content (AvgIpc) is 2.94. The highest BCUT2D eigenvalue weighted by atomic mass is 35.5. The Bertz CT molecular complexity index is 1410. The number of hydrogen-bond acceptors (Lipinski definition) is 4. The van der Waals surface area contributed by atoms with E-state index in [0.29, 0.717) is 17.1 Å². The molecule has 0 fully saturated rings. The number of nitrogens with zero attached hydrogens (tertiary/aromatic N) is 2. The van der Waals surface area contributed by atoms with Gasteiger partial charge in [-0.2, -0.15) is 0 Å². The van der Waals surface area contributed by atoms with Gasteiger partial charge in [0.2, 0.25) is 11.8 Å². The second-order valence-corrected chi connectivity index (χ2v) is 12.2. The van der Waals surface area contributed by atoms with Gasteiger partial charge in [0.25, 0.3) is 10.0 Å². The van der Waals surface area contributed by atoms with Crippen LogP contribution in [0.3, 0.4) is 0 Å². The summed E-state index contributed by atoms with van der Waals surface area (Å²) in [4.78, 5) is 29.0. The Kier molecular flexibility index (Phi) is 10.8. The van der Waals surface area contributed by atoms with Crippen molar-refractivity contribution >= 4 is 39.1 Å². The molecule has 0 heterocycles. The van der Waals surface area contributed by atoms with Crippen LogP contribution in [-0.4, -0.2) is 43.8 Å². The summed E-state index contributed by atoms with van der Waals surface area (Å²) in [5.74, 6) is -0.759. The van der Waals surface area contributed by atoms with Crippen molar-refractivity contribution in [1.29, 1.82) is 0 Å². The minimum absolute atomic E-state index is 0.0704. The second-order valence-electron chi connectivity index (χ2n) is 9.93. The van der Waals surface area contributed by atoms with Crippen LogP contribution in [0.5, 0.6) is 0 Å². The lowest BCUT2D eigenvalue weighted by Crippen LogP contribution is -2.53. The summed E-state index contributed by atoms with van der Waals surface area (Å²) in [6.07, 6.45) is 1.10. The lowest BCUT2D eigenvalue weighted by atomic mass is 10.1. The van der Waals surface area contributed by atoms with Crippen LogP contribution >= 0.6 is 11.6 Å². The molecule has 0 aliphatic carbocycles. The predicted octanol–water partition coefficient (Wildman–Crippen LogP) is 5.87. The van der Waals surface area contributed by atoms with Crippen molar-refractivity contribution in [3.8, 4) is 0 Å². The molecule has 9 heteroatoms. The molecule has 0 bridgehead atoms.